The monoisotopic (exact) mass is 267 g/mol. The Morgan fingerprint density at radius 2 is 2.42 bits per heavy atom. The summed E-state index contributed by atoms with van der Waals surface area (Å²) >= 11 is 0. The molecule has 2 N–H and O–H groups in total. The van der Waals surface area contributed by atoms with Crippen molar-refractivity contribution in [1.29, 1.82) is 0 Å². The molecule has 7 nitrogen and oxygen atoms in total. The van der Waals surface area contributed by atoms with Gasteiger partial charge in [-0.15, -0.1) is 0 Å². The second-order valence-electron chi connectivity index (χ2n) is 4.86. The molecule has 7 heteroatoms. The van der Waals surface area contributed by atoms with Crippen LogP contribution in [0.15, 0.2) is 0 Å². The van der Waals surface area contributed by atoms with Gasteiger partial charge in [0.15, 0.2) is 0 Å². The van der Waals surface area contributed by atoms with Gasteiger partial charge >= 0.3 is 5.69 Å². The zero-order chi connectivity index (χ0) is 13.8. The molecule has 0 radical (unpaired) electrons. The minimum Gasteiger partial charge on any atom is -0.364 e. The molecule has 0 aromatic carbocycles. The van der Waals surface area contributed by atoms with Crippen molar-refractivity contribution in [2.75, 3.05) is 18.4 Å². The zero-order valence-corrected chi connectivity index (χ0v) is 11.5. The molecule has 0 bridgehead atoms. The topological polar surface area (TPSA) is 85.0 Å². The van der Waals surface area contributed by atoms with Crippen LogP contribution >= 0.6 is 0 Å². The van der Waals surface area contributed by atoms with Gasteiger partial charge in [0.25, 0.3) is 0 Å². The fraction of sp³-hybridized carbons (Fsp3) is 0.750. The lowest BCUT2D eigenvalue weighted by Gasteiger charge is -2.11. The van der Waals surface area contributed by atoms with Crippen molar-refractivity contribution >= 4 is 11.5 Å². The fourth-order valence-electron chi connectivity index (χ4n) is 2.56. The molecule has 0 saturated carbocycles. The second-order valence-corrected chi connectivity index (χ2v) is 4.86. The number of aromatic nitrogens is 2. The quantitative estimate of drug-likeness (QED) is 0.605. The number of aryl methyl sites for hydroxylation is 2. The van der Waals surface area contributed by atoms with Crippen LogP contribution < -0.4 is 10.6 Å². The van der Waals surface area contributed by atoms with E-state index in [-0.39, 0.29) is 10.6 Å². The van der Waals surface area contributed by atoms with E-state index in [1.807, 2.05) is 6.92 Å². The third kappa shape index (κ3) is 3.04. The standard InChI is InChI=1S/C12H21N5O2/c1-3-16-12(11(17(18)19)9(2)15-16)14-8-6-10-5-4-7-13-10/h10,13-14H,3-8H2,1-2H3/t10-/m1/s1. The molecule has 19 heavy (non-hydrogen) atoms. The summed E-state index contributed by atoms with van der Waals surface area (Å²) in [6.45, 7) is 6.03. The maximum absolute atomic E-state index is 11.1. The van der Waals surface area contributed by atoms with Crippen molar-refractivity contribution in [2.45, 2.75) is 45.7 Å². The lowest BCUT2D eigenvalue weighted by atomic mass is 10.1. The Bertz CT molecular complexity index is 451. The van der Waals surface area contributed by atoms with Crippen molar-refractivity contribution < 1.29 is 4.92 Å². The van der Waals surface area contributed by atoms with Gasteiger partial charge in [-0.05, 0) is 39.7 Å². The largest absolute Gasteiger partial charge is 0.364 e. The first kappa shape index (κ1) is 13.8. The zero-order valence-electron chi connectivity index (χ0n) is 11.5. The van der Waals surface area contributed by atoms with Crippen LogP contribution in [-0.2, 0) is 6.54 Å². The molecule has 1 aliphatic rings. The van der Waals surface area contributed by atoms with E-state index in [2.05, 4.69) is 15.7 Å². The lowest BCUT2D eigenvalue weighted by molar-refractivity contribution is -0.384. The van der Waals surface area contributed by atoms with E-state index >= 15 is 0 Å². The smallest absolute Gasteiger partial charge is 0.333 e. The van der Waals surface area contributed by atoms with E-state index in [1.165, 1.54) is 12.8 Å². The Morgan fingerprint density at radius 3 is 3.00 bits per heavy atom. The predicted octanol–water partition coefficient (Wildman–Crippen LogP) is 1.67. The normalized spacial score (nSPS) is 18.7. The Kier molecular flexibility index (Phi) is 4.36. The highest BCUT2D eigenvalue weighted by Crippen LogP contribution is 2.28. The number of nitrogens with zero attached hydrogens (tertiary/aromatic N) is 3. The summed E-state index contributed by atoms with van der Waals surface area (Å²) in [5.74, 6) is 0.531. The summed E-state index contributed by atoms with van der Waals surface area (Å²) in [6, 6.07) is 0.533. The maximum Gasteiger partial charge on any atom is 0.333 e. The molecular weight excluding hydrogens is 246 g/mol. The van der Waals surface area contributed by atoms with Gasteiger partial charge in [-0.2, -0.15) is 5.10 Å². The van der Waals surface area contributed by atoms with Gasteiger partial charge in [-0.1, -0.05) is 0 Å². The van der Waals surface area contributed by atoms with Crippen LogP contribution in [0.2, 0.25) is 0 Å². The Morgan fingerprint density at radius 1 is 1.63 bits per heavy atom. The molecule has 1 atom stereocenters. The highest BCUT2D eigenvalue weighted by molar-refractivity contribution is 5.59. The van der Waals surface area contributed by atoms with Gasteiger partial charge in [0.1, 0.15) is 5.69 Å². The van der Waals surface area contributed by atoms with Crippen molar-refractivity contribution in [3.05, 3.63) is 15.8 Å². The van der Waals surface area contributed by atoms with E-state index in [9.17, 15) is 10.1 Å². The van der Waals surface area contributed by atoms with Crippen molar-refractivity contribution in [3.8, 4) is 0 Å². The van der Waals surface area contributed by atoms with Gasteiger partial charge in [-0.25, -0.2) is 4.68 Å². The minimum atomic E-state index is -0.357. The molecule has 0 spiro atoms. The summed E-state index contributed by atoms with van der Waals surface area (Å²) < 4.78 is 1.66. The molecule has 106 valence electrons. The number of hydrogen-bond acceptors (Lipinski definition) is 5. The Balaban J connectivity index is 2.03. The molecule has 0 aliphatic carbocycles. The van der Waals surface area contributed by atoms with Crippen molar-refractivity contribution in [3.63, 3.8) is 0 Å². The predicted molar refractivity (Wildman–Crippen MR) is 73.4 cm³/mol. The molecule has 0 amide bonds. The van der Waals surface area contributed by atoms with Gasteiger partial charge < -0.3 is 10.6 Å². The Hall–Kier alpha value is -1.63. The van der Waals surface area contributed by atoms with Crippen LogP contribution in [0.4, 0.5) is 11.5 Å². The first-order valence-electron chi connectivity index (χ1n) is 6.82. The van der Waals surface area contributed by atoms with Crippen molar-refractivity contribution in [2.24, 2.45) is 0 Å². The van der Waals surface area contributed by atoms with Crippen LogP contribution in [-0.4, -0.2) is 33.8 Å². The average Bonchev–Trinajstić information content (AvgIpc) is 2.97. The molecular formula is C12H21N5O2. The first-order valence-corrected chi connectivity index (χ1v) is 6.82. The first-order chi connectivity index (χ1) is 9.13. The van der Waals surface area contributed by atoms with Crippen LogP contribution in [0.5, 0.6) is 0 Å². The summed E-state index contributed by atoms with van der Waals surface area (Å²) in [7, 11) is 0. The van der Waals surface area contributed by atoms with Gasteiger partial charge in [-0.3, -0.25) is 10.1 Å². The molecule has 0 unspecified atom stereocenters. The Labute approximate surface area is 112 Å². The minimum absolute atomic E-state index is 0.0984. The molecule has 1 aromatic rings. The van der Waals surface area contributed by atoms with E-state index in [0.717, 1.165) is 19.5 Å². The van der Waals surface area contributed by atoms with Gasteiger partial charge in [0.2, 0.25) is 5.82 Å². The van der Waals surface area contributed by atoms with Crippen LogP contribution in [0.1, 0.15) is 31.9 Å². The highest BCUT2D eigenvalue weighted by atomic mass is 16.6. The fourth-order valence-corrected chi connectivity index (χ4v) is 2.56. The van der Waals surface area contributed by atoms with Crippen LogP contribution in [0, 0.1) is 17.0 Å². The SMILES string of the molecule is CCn1nc(C)c([N+](=O)[O-])c1NCC[C@H]1CCCN1. The summed E-state index contributed by atoms with van der Waals surface area (Å²) in [5.41, 5.74) is 0.564. The third-order valence-electron chi connectivity index (χ3n) is 3.53. The van der Waals surface area contributed by atoms with Crippen LogP contribution in [0.25, 0.3) is 0 Å². The third-order valence-corrected chi connectivity index (χ3v) is 3.53. The van der Waals surface area contributed by atoms with E-state index in [0.29, 0.717) is 24.1 Å². The number of rotatable bonds is 6. The molecule has 1 saturated heterocycles. The molecule has 2 heterocycles. The number of anilines is 1. The number of nitrogens with one attached hydrogen (secondary N) is 2. The second kappa shape index (κ2) is 6.01. The van der Waals surface area contributed by atoms with Crippen LogP contribution in [0.3, 0.4) is 0 Å². The van der Waals surface area contributed by atoms with Crippen molar-refractivity contribution in [1.82, 2.24) is 15.1 Å². The summed E-state index contributed by atoms with van der Waals surface area (Å²) in [6.07, 6.45) is 3.39. The molecule has 1 fully saturated rings. The number of nitro groups is 1. The maximum atomic E-state index is 11.1. The average molecular weight is 267 g/mol. The highest BCUT2D eigenvalue weighted by Gasteiger charge is 2.24. The molecule has 2 rings (SSSR count). The lowest BCUT2D eigenvalue weighted by Crippen LogP contribution is -2.24. The van der Waals surface area contributed by atoms with E-state index in [4.69, 9.17) is 0 Å². The van der Waals surface area contributed by atoms with Gasteiger partial charge in [0, 0.05) is 19.1 Å². The summed E-state index contributed by atoms with van der Waals surface area (Å²) in [5, 5.41) is 21.9. The summed E-state index contributed by atoms with van der Waals surface area (Å²) in [4.78, 5) is 10.7. The van der Waals surface area contributed by atoms with Gasteiger partial charge in [0.05, 0.1) is 4.92 Å². The van der Waals surface area contributed by atoms with E-state index < -0.39 is 0 Å². The van der Waals surface area contributed by atoms with E-state index in [1.54, 1.807) is 11.6 Å². The number of hydrogen-bond donors (Lipinski definition) is 2. The molecule has 1 aromatic heterocycles. The molecule has 1 aliphatic heterocycles.